The van der Waals surface area contributed by atoms with E-state index in [1.54, 1.807) is 0 Å². The van der Waals surface area contributed by atoms with Gasteiger partial charge in [0.1, 0.15) is 12.2 Å². The molecule has 0 radical (unpaired) electrons. The molecule has 1 aromatic rings. The van der Waals surface area contributed by atoms with Gasteiger partial charge in [-0.2, -0.15) is 0 Å². The van der Waals surface area contributed by atoms with E-state index in [2.05, 4.69) is 19.7 Å². The van der Waals surface area contributed by atoms with Crippen LogP contribution in [0.3, 0.4) is 0 Å². The number of hydrogen-bond acceptors (Lipinski definition) is 12. The third-order valence-electron chi connectivity index (χ3n) is 4.14. The topological polar surface area (TPSA) is 202 Å². The van der Waals surface area contributed by atoms with Crippen LogP contribution < -0.4 is 0 Å². The van der Waals surface area contributed by atoms with E-state index in [1.165, 1.54) is 0 Å². The lowest BCUT2D eigenvalue weighted by molar-refractivity contribution is -0.585. The number of unbranched alkanes of at least 4 members (excludes halogenated alkanes) is 1. The summed E-state index contributed by atoms with van der Waals surface area (Å²) in [7, 11) is 2.09. The molecule has 0 amide bonds. The number of esters is 2. The second kappa shape index (κ2) is 10.7. The van der Waals surface area contributed by atoms with Crippen LogP contribution in [0.5, 0.6) is 0 Å². The third-order valence-corrected chi connectivity index (χ3v) is 4.14. The quantitative estimate of drug-likeness (QED) is 0.152. The fourth-order valence-electron chi connectivity index (χ4n) is 2.58. The predicted molar refractivity (Wildman–Crippen MR) is 93.3 cm³/mol. The van der Waals surface area contributed by atoms with Crippen LogP contribution >= 0.6 is 0 Å². The van der Waals surface area contributed by atoms with Crippen LogP contribution in [0.4, 0.5) is 0 Å². The fourth-order valence-corrected chi connectivity index (χ4v) is 2.58. The number of aromatic nitrogens is 2. The van der Waals surface area contributed by atoms with E-state index in [4.69, 9.17) is 0 Å². The lowest BCUT2D eigenvalue weighted by Crippen LogP contribution is -2.45. The van der Waals surface area contributed by atoms with E-state index < -0.39 is 52.7 Å². The molecule has 13 nitrogen and oxygen atoms in total. The number of carbonyl (C=O) groups excluding carboxylic acids is 2. The van der Waals surface area contributed by atoms with Gasteiger partial charge in [-0.15, -0.1) is 10.2 Å². The number of ether oxygens (including phenoxy) is 2. The van der Waals surface area contributed by atoms with Crippen LogP contribution in [0.25, 0.3) is 0 Å². The van der Waals surface area contributed by atoms with Crippen molar-refractivity contribution in [3.63, 3.8) is 0 Å². The molecule has 0 saturated heterocycles. The molecule has 29 heavy (non-hydrogen) atoms. The molecule has 0 saturated carbocycles. The van der Waals surface area contributed by atoms with E-state index in [1.807, 2.05) is 6.92 Å². The Hall–Kier alpha value is -2.74. The summed E-state index contributed by atoms with van der Waals surface area (Å²) < 4.78 is 9.18. The lowest BCUT2D eigenvalue weighted by atomic mass is 9.90. The first-order chi connectivity index (χ1) is 13.6. The highest BCUT2D eigenvalue weighted by Gasteiger charge is 2.41. The molecule has 0 aliphatic rings. The first kappa shape index (κ1) is 24.3. The van der Waals surface area contributed by atoms with Gasteiger partial charge in [0.25, 0.3) is 0 Å². The van der Waals surface area contributed by atoms with Crippen molar-refractivity contribution in [2.24, 2.45) is 0 Å². The Bertz CT molecular complexity index is 757. The first-order valence-electron chi connectivity index (χ1n) is 8.54. The van der Waals surface area contributed by atoms with Crippen LogP contribution in [-0.2, 0) is 15.9 Å². The average Bonchev–Trinajstić information content (AvgIpc) is 2.73. The maximum absolute atomic E-state index is 12.1. The van der Waals surface area contributed by atoms with Crippen molar-refractivity contribution in [2.75, 3.05) is 14.2 Å². The normalized spacial score (nSPS) is 15.1. The largest absolute Gasteiger partial charge is 0.464 e. The number of rotatable bonds is 10. The molecule has 0 aliphatic heterocycles. The van der Waals surface area contributed by atoms with Gasteiger partial charge in [-0.25, -0.2) is 9.59 Å². The van der Waals surface area contributed by atoms with Crippen molar-refractivity contribution in [2.45, 2.75) is 50.7 Å². The molecular weight excluding hydrogens is 394 g/mol. The van der Waals surface area contributed by atoms with Gasteiger partial charge in [0, 0.05) is 5.56 Å². The molecule has 1 aromatic heterocycles. The predicted octanol–water partition coefficient (Wildman–Crippen LogP) is -1.26. The Balaban J connectivity index is 3.65. The van der Waals surface area contributed by atoms with Gasteiger partial charge >= 0.3 is 18.2 Å². The zero-order chi connectivity index (χ0) is 22.3. The minimum atomic E-state index is -2.62. The van der Waals surface area contributed by atoms with Gasteiger partial charge in [-0.05, 0) is 18.4 Å². The Morgan fingerprint density at radius 3 is 2.03 bits per heavy atom. The molecule has 162 valence electrons. The molecule has 4 unspecified atom stereocenters. The van der Waals surface area contributed by atoms with Gasteiger partial charge in [-0.3, -0.25) is 10.1 Å². The van der Waals surface area contributed by atoms with Crippen molar-refractivity contribution in [1.82, 2.24) is 10.2 Å². The van der Waals surface area contributed by atoms with Gasteiger partial charge in [0.15, 0.2) is 17.5 Å². The van der Waals surface area contributed by atoms with Crippen molar-refractivity contribution < 1.29 is 44.4 Å². The molecular formula is C16H23N3O10. The van der Waals surface area contributed by atoms with Crippen LogP contribution in [0.15, 0.2) is 0 Å². The molecule has 0 bridgehead atoms. The second-order valence-electron chi connectivity index (χ2n) is 6.00. The smallest absolute Gasteiger partial charge is 0.358 e. The van der Waals surface area contributed by atoms with Crippen LogP contribution in [0.2, 0.25) is 0 Å². The first-order valence-corrected chi connectivity index (χ1v) is 8.54. The summed E-state index contributed by atoms with van der Waals surface area (Å²) in [6.07, 6.45) is -8.31. The molecule has 4 atom stereocenters. The number of carbonyl (C=O) groups is 2. The highest BCUT2D eigenvalue weighted by atomic mass is 16.7. The zero-order valence-electron chi connectivity index (χ0n) is 16.0. The van der Waals surface area contributed by atoms with Gasteiger partial charge in [-0.1, -0.05) is 13.3 Å². The summed E-state index contributed by atoms with van der Waals surface area (Å²) in [5, 5.41) is 57.8. The van der Waals surface area contributed by atoms with Crippen molar-refractivity contribution in [3.8, 4) is 0 Å². The summed E-state index contributed by atoms with van der Waals surface area (Å²) in [5.74, 6) is -2.01. The van der Waals surface area contributed by atoms with Gasteiger partial charge < -0.3 is 29.9 Å². The van der Waals surface area contributed by atoms with Crippen LogP contribution in [0.1, 0.15) is 58.0 Å². The molecule has 13 heteroatoms. The lowest BCUT2D eigenvalue weighted by Gasteiger charge is -2.26. The van der Waals surface area contributed by atoms with Gasteiger partial charge in [0.05, 0.1) is 19.1 Å². The average molecular weight is 417 g/mol. The van der Waals surface area contributed by atoms with E-state index in [0.29, 0.717) is 12.8 Å². The number of aliphatic hydroxyl groups is 4. The Labute approximate surface area is 165 Å². The molecule has 0 aliphatic carbocycles. The molecule has 0 aromatic carbocycles. The van der Waals surface area contributed by atoms with E-state index in [-0.39, 0.29) is 17.7 Å². The molecule has 0 spiro atoms. The second-order valence-corrected chi connectivity index (χ2v) is 6.00. The van der Waals surface area contributed by atoms with Crippen LogP contribution in [-0.4, -0.2) is 80.1 Å². The minimum Gasteiger partial charge on any atom is -0.464 e. The molecule has 0 fully saturated rings. The summed E-state index contributed by atoms with van der Waals surface area (Å²) in [5.41, 5.74) is -1.34. The molecule has 1 rings (SSSR count). The maximum Gasteiger partial charge on any atom is 0.358 e. The standard InChI is InChI=1S/C16H23N3O10/c1-4-5-6-7-8(11(20)12(21)13(22)14(23)19(26)27)10(16(25)29-3)18-17-9(7)15(24)28-2/h11-14,20-23H,4-6H2,1-3H3. The summed E-state index contributed by atoms with van der Waals surface area (Å²) in [6.45, 7) is 1.83. The SMILES string of the molecule is CCCCc1c(C(=O)OC)nnc(C(=O)OC)c1C(O)C(O)C(O)C(O)[N+](=O)[O-]. The summed E-state index contributed by atoms with van der Waals surface area (Å²) in [4.78, 5) is 33.5. The summed E-state index contributed by atoms with van der Waals surface area (Å²) in [6, 6.07) is 0. The Kier molecular flexibility index (Phi) is 8.97. The van der Waals surface area contributed by atoms with E-state index >= 15 is 0 Å². The number of methoxy groups -OCH3 is 2. The minimum absolute atomic E-state index is 0.0107. The monoisotopic (exact) mass is 417 g/mol. The maximum atomic E-state index is 12.1. The number of hydrogen-bond donors (Lipinski definition) is 4. The highest BCUT2D eigenvalue weighted by Crippen LogP contribution is 2.30. The zero-order valence-corrected chi connectivity index (χ0v) is 16.0. The highest BCUT2D eigenvalue weighted by molar-refractivity contribution is 5.93. The van der Waals surface area contributed by atoms with E-state index in [9.17, 15) is 40.1 Å². The molecule has 4 N–H and O–H groups in total. The third kappa shape index (κ3) is 5.41. The van der Waals surface area contributed by atoms with E-state index in [0.717, 1.165) is 14.2 Å². The number of aliphatic hydroxyl groups excluding tert-OH is 4. The van der Waals surface area contributed by atoms with Crippen molar-refractivity contribution in [3.05, 3.63) is 32.6 Å². The number of nitro groups is 1. The fraction of sp³-hybridized carbons (Fsp3) is 0.625. The van der Waals surface area contributed by atoms with Crippen molar-refractivity contribution in [1.29, 1.82) is 0 Å². The summed E-state index contributed by atoms with van der Waals surface area (Å²) >= 11 is 0. The molecule has 1 heterocycles. The van der Waals surface area contributed by atoms with Crippen LogP contribution in [0, 0.1) is 10.1 Å². The van der Waals surface area contributed by atoms with Crippen molar-refractivity contribution >= 4 is 11.9 Å². The Morgan fingerprint density at radius 1 is 1.03 bits per heavy atom. The Morgan fingerprint density at radius 2 is 1.55 bits per heavy atom. The van der Waals surface area contributed by atoms with Gasteiger partial charge in [0.2, 0.25) is 0 Å². The number of nitrogens with zero attached hydrogens (tertiary/aromatic N) is 3.